The van der Waals surface area contributed by atoms with Crippen LogP contribution in [0.5, 0.6) is 0 Å². The first-order valence-corrected chi connectivity index (χ1v) is 9.49. The van der Waals surface area contributed by atoms with Crippen LogP contribution in [0.1, 0.15) is 84.0 Å². The van der Waals surface area contributed by atoms with Crippen molar-refractivity contribution < 1.29 is 9.59 Å². The second-order valence-corrected chi connectivity index (χ2v) is 7.63. The molecule has 2 nitrogen and oxygen atoms in total. The third-order valence-corrected chi connectivity index (χ3v) is 6.34. The van der Waals surface area contributed by atoms with Gasteiger partial charge < -0.3 is 0 Å². The Morgan fingerprint density at radius 3 is 2.77 bits per heavy atom. The van der Waals surface area contributed by atoms with E-state index >= 15 is 0 Å². The summed E-state index contributed by atoms with van der Waals surface area (Å²) in [4.78, 5) is 25.9. The highest BCUT2D eigenvalue weighted by Crippen LogP contribution is 2.54. The number of fused-ring (bicyclic) bond motifs is 1. The molecule has 1 spiro atoms. The van der Waals surface area contributed by atoms with Crippen molar-refractivity contribution in [2.24, 2.45) is 17.3 Å². The quantitative estimate of drug-likeness (QED) is 0.528. The fourth-order valence-electron chi connectivity index (χ4n) is 5.22. The molecule has 0 aromatic carbocycles. The van der Waals surface area contributed by atoms with Gasteiger partial charge in [0.25, 0.3) is 0 Å². The summed E-state index contributed by atoms with van der Waals surface area (Å²) in [6.45, 7) is 2.24. The molecule has 0 radical (unpaired) electrons. The van der Waals surface area contributed by atoms with Crippen LogP contribution in [0.15, 0.2) is 11.6 Å². The molecule has 2 bridgehead atoms. The summed E-state index contributed by atoms with van der Waals surface area (Å²) < 4.78 is 0. The fourth-order valence-corrected chi connectivity index (χ4v) is 5.22. The molecular formula is C20H30O2. The second-order valence-electron chi connectivity index (χ2n) is 7.63. The fraction of sp³-hybridized carbons (Fsp3) is 0.800. The summed E-state index contributed by atoms with van der Waals surface area (Å²) in [5, 5.41) is 0. The SMILES string of the molecule is CCCCCCC1C=C2CCCC(=O)C3(CCCCC13)C2=O. The highest BCUT2D eigenvalue weighted by molar-refractivity contribution is 6.16. The standard InChI is InChI=1S/C20H30O2/c1-2-3-4-5-9-15-14-16-10-8-12-18(21)20(19(16)22)13-7-6-11-17(15)20/h14-15,17H,2-13H2,1H3. The molecule has 0 heterocycles. The number of carbonyl (C=O) groups is 2. The van der Waals surface area contributed by atoms with E-state index in [-0.39, 0.29) is 11.6 Å². The molecule has 2 heteroatoms. The third kappa shape index (κ3) is 2.59. The highest BCUT2D eigenvalue weighted by atomic mass is 16.2. The average Bonchev–Trinajstić information content (AvgIpc) is 2.61. The van der Waals surface area contributed by atoms with Crippen LogP contribution < -0.4 is 0 Å². The molecule has 0 aromatic rings. The molecule has 2 saturated carbocycles. The van der Waals surface area contributed by atoms with Crippen LogP contribution in [-0.4, -0.2) is 11.6 Å². The van der Waals surface area contributed by atoms with Crippen molar-refractivity contribution in [1.29, 1.82) is 0 Å². The van der Waals surface area contributed by atoms with Crippen molar-refractivity contribution in [3.8, 4) is 0 Å². The van der Waals surface area contributed by atoms with E-state index in [1.807, 2.05) is 0 Å². The van der Waals surface area contributed by atoms with Crippen LogP contribution in [0.25, 0.3) is 0 Å². The van der Waals surface area contributed by atoms with E-state index in [9.17, 15) is 9.59 Å². The van der Waals surface area contributed by atoms with E-state index in [0.717, 1.165) is 37.7 Å². The van der Waals surface area contributed by atoms with Gasteiger partial charge in [-0.2, -0.15) is 0 Å². The summed E-state index contributed by atoms with van der Waals surface area (Å²) in [5.41, 5.74) is 0.401. The Bertz CT molecular complexity index is 476. The molecule has 3 atom stereocenters. The zero-order chi connectivity index (χ0) is 15.6. The molecule has 0 saturated heterocycles. The zero-order valence-electron chi connectivity index (χ0n) is 14.0. The van der Waals surface area contributed by atoms with Crippen molar-refractivity contribution in [1.82, 2.24) is 0 Å². The van der Waals surface area contributed by atoms with E-state index in [2.05, 4.69) is 13.0 Å². The van der Waals surface area contributed by atoms with Crippen LogP contribution in [0.2, 0.25) is 0 Å². The lowest BCUT2D eigenvalue weighted by Gasteiger charge is -2.47. The van der Waals surface area contributed by atoms with E-state index in [1.54, 1.807) is 0 Å². The van der Waals surface area contributed by atoms with Crippen molar-refractivity contribution in [2.75, 3.05) is 0 Å². The minimum atomic E-state index is -0.603. The lowest BCUT2D eigenvalue weighted by Crippen LogP contribution is -2.51. The zero-order valence-corrected chi connectivity index (χ0v) is 14.0. The lowest BCUT2D eigenvalue weighted by atomic mass is 9.53. The van der Waals surface area contributed by atoms with Gasteiger partial charge in [-0.05, 0) is 49.5 Å². The van der Waals surface area contributed by atoms with Gasteiger partial charge in [0.1, 0.15) is 5.78 Å². The first-order valence-electron chi connectivity index (χ1n) is 9.49. The van der Waals surface area contributed by atoms with Gasteiger partial charge >= 0.3 is 0 Å². The Morgan fingerprint density at radius 2 is 1.95 bits per heavy atom. The number of allylic oxidation sites excluding steroid dienone is 2. The largest absolute Gasteiger partial charge is 0.299 e. The molecule has 2 fully saturated rings. The first-order chi connectivity index (χ1) is 10.7. The first kappa shape index (κ1) is 16.0. The maximum absolute atomic E-state index is 13.0. The molecule has 3 aliphatic carbocycles. The second kappa shape index (κ2) is 6.68. The molecule has 0 aliphatic heterocycles. The molecule has 122 valence electrons. The van der Waals surface area contributed by atoms with Crippen LogP contribution >= 0.6 is 0 Å². The van der Waals surface area contributed by atoms with Crippen molar-refractivity contribution in [3.63, 3.8) is 0 Å². The van der Waals surface area contributed by atoms with Gasteiger partial charge in [0.2, 0.25) is 0 Å². The summed E-state index contributed by atoms with van der Waals surface area (Å²) in [7, 11) is 0. The summed E-state index contributed by atoms with van der Waals surface area (Å²) >= 11 is 0. The predicted molar refractivity (Wildman–Crippen MR) is 88.6 cm³/mol. The number of Topliss-reactive ketones (excluding diaryl/α,β-unsaturated/α-hetero) is 2. The molecule has 0 amide bonds. The maximum Gasteiger partial charge on any atom is 0.172 e. The van der Waals surface area contributed by atoms with E-state index in [1.165, 1.54) is 38.5 Å². The van der Waals surface area contributed by atoms with Gasteiger partial charge in [0.05, 0.1) is 5.41 Å². The van der Waals surface area contributed by atoms with Crippen molar-refractivity contribution in [3.05, 3.63) is 11.6 Å². The lowest BCUT2D eigenvalue weighted by molar-refractivity contribution is -0.147. The summed E-state index contributed by atoms with van der Waals surface area (Å²) in [5.74, 6) is 1.30. The number of hydrogen-bond acceptors (Lipinski definition) is 2. The molecule has 0 N–H and O–H groups in total. The average molecular weight is 302 g/mol. The van der Waals surface area contributed by atoms with Gasteiger partial charge in [0, 0.05) is 6.42 Å². The minimum absolute atomic E-state index is 0.226. The van der Waals surface area contributed by atoms with Crippen LogP contribution in [0.3, 0.4) is 0 Å². The Kier molecular flexibility index (Phi) is 4.84. The molecule has 0 aromatic heterocycles. The van der Waals surface area contributed by atoms with Crippen LogP contribution in [0.4, 0.5) is 0 Å². The molecule has 3 rings (SSSR count). The van der Waals surface area contributed by atoms with Gasteiger partial charge in [-0.25, -0.2) is 0 Å². The molecular weight excluding hydrogens is 272 g/mol. The Morgan fingerprint density at radius 1 is 1.09 bits per heavy atom. The minimum Gasteiger partial charge on any atom is -0.299 e. The predicted octanol–water partition coefficient (Wildman–Crippen LogP) is 5.01. The Labute approximate surface area is 134 Å². The van der Waals surface area contributed by atoms with Crippen LogP contribution in [0, 0.1) is 17.3 Å². The Hall–Kier alpha value is -0.920. The van der Waals surface area contributed by atoms with Gasteiger partial charge in [-0.3, -0.25) is 9.59 Å². The van der Waals surface area contributed by atoms with Crippen LogP contribution in [-0.2, 0) is 9.59 Å². The van der Waals surface area contributed by atoms with Gasteiger partial charge in [-0.15, -0.1) is 0 Å². The molecule has 3 aliphatic rings. The smallest absolute Gasteiger partial charge is 0.172 e. The topological polar surface area (TPSA) is 34.1 Å². The molecule has 22 heavy (non-hydrogen) atoms. The number of rotatable bonds is 5. The highest BCUT2D eigenvalue weighted by Gasteiger charge is 2.57. The number of unbranched alkanes of at least 4 members (excludes halogenated alkanes) is 3. The number of carbonyl (C=O) groups excluding carboxylic acids is 2. The molecule has 3 unspecified atom stereocenters. The number of hydrogen-bond donors (Lipinski definition) is 0. The van der Waals surface area contributed by atoms with Crippen molar-refractivity contribution >= 4 is 11.6 Å². The summed E-state index contributed by atoms with van der Waals surface area (Å²) in [6, 6.07) is 0. The van der Waals surface area contributed by atoms with Crippen molar-refractivity contribution in [2.45, 2.75) is 84.0 Å². The Balaban J connectivity index is 1.87. The van der Waals surface area contributed by atoms with E-state index in [4.69, 9.17) is 0 Å². The summed E-state index contributed by atoms with van der Waals surface area (Å²) in [6.07, 6.45) is 15.1. The van der Waals surface area contributed by atoms with Gasteiger partial charge in [0.15, 0.2) is 5.78 Å². The van der Waals surface area contributed by atoms with E-state index < -0.39 is 5.41 Å². The third-order valence-electron chi connectivity index (χ3n) is 6.34. The monoisotopic (exact) mass is 302 g/mol. The maximum atomic E-state index is 13.0. The number of ketones is 2. The van der Waals surface area contributed by atoms with E-state index in [0.29, 0.717) is 18.3 Å². The van der Waals surface area contributed by atoms with Gasteiger partial charge in [-0.1, -0.05) is 51.5 Å². The normalized spacial score (nSPS) is 34.9.